The van der Waals surface area contributed by atoms with Crippen molar-refractivity contribution in [3.8, 4) is 0 Å². The molecule has 0 rings (SSSR count). The molecule has 4 nitrogen and oxygen atoms in total. The minimum Gasteiger partial charge on any atom is -0.393 e. The lowest BCUT2D eigenvalue weighted by molar-refractivity contribution is -0.124. The molecule has 0 aliphatic carbocycles. The van der Waals surface area contributed by atoms with Gasteiger partial charge in [-0.15, -0.1) is 0 Å². The summed E-state index contributed by atoms with van der Waals surface area (Å²) in [6, 6.07) is 0. The third kappa shape index (κ3) is 6.54. The summed E-state index contributed by atoms with van der Waals surface area (Å²) in [5.74, 6) is -0.00917. The highest BCUT2D eigenvalue weighted by Crippen LogP contribution is 1.99. The highest BCUT2D eigenvalue weighted by molar-refractivity contribution is 5.78. The lowest BCUT2D eigenvalue weighted by Gasteiger charge is -2.11. The Morgan fingerprint density at radius 1 is 1.46 bits per heavy atom. The van der Waals surface area contributed by atoms with Crippen LogP contribution in [-0.2, 0) is 4.79 Å². The summed E-state index contributed by atoms with van der Waals surface area (Å²) in [6.07, 6.45) is 0.951. The first-order valence-corrected chi connectivity index (χ1v) is 4.73. The van der Waals surface area contributed by atoms with Crippen molar-refractivity contribution in [2.45, 2.75) is 32.8 Å². The van der Waals surface area contributed by atoms with Crippen molar-refractivity contribution in [3.05, 3.63) is 0 Å². The predicted octanol–water partition coefficient (Wildman–Crippen LogP) is -0.142. The van der Waals surface area contributed by atoms with Gasteiger partial charge in [-0.05, 0) is 26.3 Å². The van der Waals surface area contributed by atoms with Crippen LogP contribution in [0.15, 0.2) is 0 Å². The quantitative estimate of drug-likeness (QED) is 0.543. The van der Waals surface area contributed by atoms with E-state index in [0.29, 0.717) is 25.9 Å². The van der Waals surface area contributed by atoms with Crippen molar-refractivity contribution in [2.75, 3.05) is 13.1 Å². The molecule has 2 atom stereocenters. The summed E-state index contributed by atoms with van der Waals surface area (Å²) in [4.78, 5) is 11.3. The molecule has 4 N–H and O–H groups in total. The van der Waals surface area contributed by atoms with Crippen LogP contribution in [0.1, 0.15) is 26.7 Å². The molecule has 0 saturated carbocycles. The first kappa shape index (κ1) is 12.4. The fourth-order valence-corrected chi connectivity index (χ4v) is 0.960. The Morgan fingerprint density at radius 2 is 2.08 bits per heavy atom. The number of hydrogen-bond donors (Lipinski definition) is 3. The van der Waals surface area contributed by atoms with Gasteiger partial charge in [0.15, 0.2) is 0 Å². The van der Waals surface area contributed by atoms with E-state index in [4.69, 9.17) is 10.8 Å². The number of aliphatic hydroxyl groups is 1. The predicted molar refractivity (Wildman–Crippen MR) is 52.1 cm³/mol. The fourth-order valence-electron chi connectivity index (χ4n) is 0.960. The van der Waals surface area contributed by atoms with Gasteiger partial charge in [0.1, 0.15) is 0 Å². The van der Waals surface area contributed by atoms with Gasteiger partial charge in [-0.25, -0.2) is 0 Å². The zero-order chi connectivity index (χ0) is 10.3. The molecule has 13 heavy (non-hydrogen) atoms. The minimum absolute atomic E-state index is 0.0195. The van der Waals surface area contributed by atoms with Crippen molar-refractivity contribution >= 4 is 5.91 Å². The summed E-state index contributed by atoms with van der Waals surface area (Å²) in [5, 5.41) is 11.7. The van der Waals surface area contributed by atoms with Crippen LogP contribution in [0.4, 0.5) is 0 Å². The number of carbonyl (C=O) groups is 1. The maximum Gasteiger partial charge on any atom is 0.222 e. The Morgan fingerprint density at radius 3 is 2.54 bits per heavy atom. The van der Waals surface area contributed by atoms with Gasteiger partial charge < -0.3 is 16.2 Å². The van der Waals surface area contributed by atoms with Gasteiger partial charge in [0, 0.05) is 12.5 Å². The molecule has 0 aliphatic heterocycles. The third-order valence-corrected chi connectivity index (χ3v) is 1.91. The average Bonchev–Trinajstić information content (AvgIpc) is 2.04. The highest BCUT2D eigenvalue weighted by atomic mass is 16.3. The minimum atomic E-state index is -0.356. The van der Waals surface area contributed by atoms with Gasteiger partial charge in [-0.1, -0.05) is 6.92 Å². The van der Waals surface area contributed by atoms with E-state index in [2.05, 4.69) is 5.32 Å². The molecule has 0 bridgehead atoms. The summed E-state index contributed by atoms with van der Waals surface area (Å²) in [7, 11) is 0. The molecule has 0 saturated heterocycles. The van der Waals surface area contributed by atoms with E-state index < -0.39 is 0 Å². The van der Waals surface area contributed by atoms with Gasteiger partial charge in [0.2, 0.25) is 5.91 Å². The summed E-state index contributed by atoms with van der Waals surface area (Å²) in [6.45, 7) is 4.62. The van der Waals surface area contributed by atoms with E-state index in [-0.39, 0.29) is 17.9 Å². The molecule has 1 amide bonds. The molecule has 78 valence electrons. The van der Waals surface area contributed by atoms with E-state index in [0.717, 1.165) is 0 Å². The second-order valence-electron chi connectivity index (χ2n) is 3.41. The van der Waals surface area contributed by atoms with Crippen molar-refractivity contribution in [1.82, 2.24) is 5.32 Å². The monoisotopic (exact) mass is 188 g/mol. The van der Waals surface area contributed by atoms with Gasteiger partial charge in [-0.2, -0.15) is 0 Å². The van der Waals surface area contributed by atoms with E-state index >= 15 is 0 Å². The molecule has 0 fully saturated rings. The smallest absolute Gasteiger partial charge is 0.222 e. The lowest BCUT2D eigenvalue weighted by Crippen LogP contribution is -2.32. The van der Waals surface area contributed by atoms with Gasteiger partial charge in [-0.3, -0.25) is 4.79 Å². The Hall–Kier alpha value is -0.610. The summed E-state index contributed by atoms with van der Waals surface area (Å²) < 4.78 is 0. The van der Waals surface area contributed by atoms with Crippen molar-refractivity contribution < 1.29 is 9.90 Å². The first-order chi connectivity index (χ1) is 6.07. The van der Waals surface area contributed by atoms with Crippen LogP contribution in [0.25, 0.3) is 0 Å². The standard InChI is InChI=1S/C9H20N2O2/c1-7(3-5-10)9(13)11-6-4-8(2)12/h7-8,12H,3-6,10H2,1-2H3,(H,11,13). The molecule has 0 aromatic carbocycles. The van der Waals surface area contributed by atoms with Gasteiger partial charge >= 0.3 is 0 Å². The number of nitrogens with two attached hydrogens (primary N) is 1. The molecule has 0 aliphatic rings. The molecule has 0 aromatic heterocycles. The maximum absolute atomic E-state index is 11.3. The molecule has 0 spiro atoms. The number of amides is 1. The Labute approximate surface area is 79.5 Å². The van der Waals surface area contributed by atoms with Crippen molar-refractivity contribution in [2.24, 2.45) is 11.7 Å². The van der Waals surface area contributed by atoms with Crippen LogP contribution in [-0.4, -0.2) is 30.2 Å². The van der Waals surface area contributed by atoms with Gasteiger partial charge in [0.25, 0.3) is 0 Å². The van der Waals surface area contributed by atoms with Crippen molar-refractivity contribution in [1.29, 1.82) is 0 Å². The van der Waals surface area contributed by atoms with Crippen LogP contribution in [0.5, 0.6) is 0 Å². The van der Waals surface area contributed by atoms with Crippen LogP contribution in [0.3, 0.4) is 0 Å². The molecule has 0 aromatic rings. The van der Waals surface area contributed by atoms with Crippen LogP contribution in [0, 0.1) is 5.92 Å². The van der Waals surface area contributed by atoms with Gasteiger partial charge in [0.05, 0.1) is 6.10 Å². The number of hydrogen-bond acceptors (Lipinski definition) is 3. The maximum atomic E-state index is 11.3. The fraction of sp³-hybridized carbons (Fsp3) is 0.889. The van der Waals surface area contributed by atoms with E-state index in [1.807, 2.05) is 6.92 Å². The zero-order valence-electron chi connectivity index (χ0n) is 8.42. The second kappa shape index (κ2) is 6.86. The van der Waals surface area contributed by atoms with E-state index in [1.54, 1.807) is 6.92 Å². The number of rotatable bonds is 6. The molecule has 0 heterocycles. The van der Waals surface area contributed by atoms with E-state index in [9.17, 15) is 4.79 Å². The SMILES string of the molecule is CC(O)CCNC(=O)C(C)CCN. The Bertz CT molecular complexity index is 149. The Kier molecular flexibility index (Phi) is 6.54. The first-order valence-electron chi connectivity index (χ1n) is 4.73. The van der Waals surface area contributed by atoms with E-state index in [1.165, 1.54) is 0 Å². The highest BCUT2D eigenvalue weighted by Gasteiger charge is 2.10. The molecule has 4 heteroatoms. The molecular weight excluding hydrogens is 168 g/mol. The normalized spacial score (nSPS) is 15.1. The third-order valence-electron chi connectivity index (χ3n) is 1.91. The largest absolute Gasteiger partial charge is 0.393 e. The zero-order valence-corrected chi connectivity index (χ0v) is 8.42. The number of nitrogens with one attached hydrogen (secondary N) is 1. The van der Waals surface area contributed by atoms with Crippen LogP contribution in [0.2, 0.25) is 0 Å². The number of aliphatic hydroxyl groups excluding tert-OH is 1. The molecule has 0 radical (unpaired) electrons. The lowest BCUT2D eigenvalue weighted by atomic mass is 10.1. The van der Waals surface area contributed by atoms with Crippen molar-refractivity contribution in [3.63, 3.8) is 0 Å². The summed E-state index contributed by atoms with van der Waals surface area (Å²) >= 11 is 0. The topological polar surface area (TPSA) is 75.3 Å². The number of carbonyl (C=O) groups excluding carboxylic acids is 1. The average molecular weight is 188 g/mol. The Balaban J connectivity index is 3.50. The van der Waals surface area contributed by atoms with Crippen LogP contribution >= 0.6 is 0 Å². The second-order valence-corrected chi connectivity index (χ2v) is 3.41. The summed E-state index contributed by atoms with van der Waals surface area (Å²) in [5.41, 5.74) is 5.32. The molecule has 2 unspecified atom stereocenters. The molecular formula is C9H20N2O2. The van der Waals surface area contributed by atoms with Crippen LogP contribution < -0.4 is 11.1 Å².